The first-order valence-corrected chi connectivity index (χ1v) is 11.3. The van der Waals surface area contributed by atoms with E-state index in [1.807, 2.05) is 13.1 Å². The summed E-state index contributed by atoms with van der Waals surface area (Å²) in [6, 6.07) is 4.39. The number of hydrogen-bond donors (Lipinski definition) is 3. The average Bonchev–Trinajstić information content (AvgIpc) is 3.26. The monoisotopic (exact) mass is 400 g/mol. The number of hydrogen-bond acceptors (Lipinski definition) is 4. The molecule has 1 aromatic rings. The van der Waals surface area contributed by atoms with Gasteiger partial charge in [-0.1, -0.05) is 6.07 Å². The quantitative estimate of drug-likeness (QED) is 0.523. The molecular formula is C23H36N4O2. The van der Waals surface area contributed by atoms with Crippen molar-refractivity contribution in [3.05, 3.63) is 28.8 Å². The number of aryl methyl sites for hydroxylation is 1. The second-order valence-corrected chi connectivity index (χ2v) is 8.78. The molecule has 4 rings (SSSR count). The summed E-state index contributed by atoms with van der Waals surface area (Å²) < 4.78 is 5.51. The molecule has 1 atom stereocenters. The Morgan fingerprint density at radius 1 is 1.21 bits per heavy atom. The molecule has 6 nitrogen and oxygen atoms in total. The molecular weight excluding hydrogens is 364 g/mol. The van der Waals surface area contributed by atoms with Crippen molar-refractivity contribution < 1.29 is 9.84 Å². The summed E-state index contributed by atoms with van der Waals surface area (Å²) in [5.41, 5.74) is 3.77. The predicted octanol–water partition coefficient (Wildman–Crippen LogP) is 2.44. The number of ether oxygens (including phenoxy) is 1. The number of guanidine groups is 1. The molecule has 29 heavy (non-hydrogen) atoms. The average molecular weight is 401 g/mol. The van der Waals surface area contributed by atoms with E-state index in [0.717, 1.165) is 69.4 Å². The molecule has 0 radical (unpaired) electrons. The van der Waals surface area contributed by atoms with Gasteiger partial charge in [0.05, 0.1) is 6.61 Å². The van der Waals surface area contributed by atoms with Crippen LogP contribution in [0.25, 0.3) is 0 Å². The fourth-order valence-electron chi connectivity index (χ4n) is 5.00. The van der Waals surface area contributed by atoms with E-state index < -0.39 is 0 Å². The molecule has 0 bridgehead atoms. The van der Waals surface area contributed by atoms with Crippen molar-refractivity contribution in [1.82, 2.24) is 15.5 Å². The standard InChI is InChI=1S/C23H36N4O2/c1-24-23(25-14-21-20-5-3-2-4-18(20)6-7-22(21)28)26-19-8-11-27(12-9-19)15-17-10-13-29-16-17/h6-7,17,19,28H,2-5,8-16H2,1H3,(H2,24,25,26). The highest BCUT2D eigenvalue weighted by Crippen LogP contribution is 2.30. The number of aromatic hydroxyl groups is 1. The molecule has 1 aliphatic carbocycles. The van der Waals surface area contributed by atoms with Gasteiger partial charge in [0.15, 0.2) is 5.96 Å². The van der Waals surface area contributed by atoms with Crippen LogP contribution < -0.4 is 10.6 Å². The normalized spacial score (nSPS) is 23.8. The number of phenols is 1. The second kappa shape index (κ2) is 9.81. The third kappa shape index (κ3) is 5.23. The first-order valence-electron chi connectivity index (χ1n) is 11.3. The maximum absolute atomic E-state index is 10.4. The third-order valence-electron chi connectivity index (χ3n) is 6.75. The fraction of sp³-hybridized carbons (Fsp3) is 0.696. The molecule has 0 amide bonds. The molecule has 2 heterocycles. The predicted molar refractivity (Wildman–Crippen MR) is 116 cm³/mol. The van der Waals surface area contributed by atoms with Crippen LogP contribution in [0.4, 0.5) is 0 Å². The van der Waals surface area contributed by atoms with E-state index in [1.165, 1.54) is 36.9 Å². The summed E-state index contributed by atoms with van der Waals surface area (Å²) in [6.07, 6.45) is 8.14. The number of benzene rings is 1. The molecule has 160 valence electrons. The minimum atomic E-state index is 0.401. The van der Waals surface area contributed by atoms with E-state index in [4.69, 9.17) is 4.74 Å². The van der Waals surface area contributed by atoms with Crippen LogP contribution in [0.15, 0.2) is 17.1 Å². The van der Waals surface area contributed by atoms with Gasteiger partial charge in [-0.05, 0) is 68.1 Å². The number of fused-ring (bicyclic) bond motifs is 1. The Labute approximate surface area is 174 Å². The molecule has 3 N–H and O–H groups in total. The van der Waals surface area contributed by atoms with Crippen LogP contribution in [0.1, 0.15) is 48.8 Å². The van der Waals surface area contributed by atoms with E-state index in [-0.39, 0.29) is 0 Å². The van der Waals surface area contributed by atoms with E-state index in [9.17, 15) is 5.11 Å². The van der Waals surface area contributed by atoms with Crippen molar-refractivity contribution in [2.45, 2.75) is 57.5 Å². The van der Waals surface area contributed by atoms with Gasteiger partial charge in [-0.25, -0.2) is 0 Å². The first-order chi connectivity index (χ1) is 14.2. The Bertz CT molecular complexity index is 707. The minimum Gasteiger partial charge on any atom is -0.508 e. The Morgan fingerprint density at radius 3 is 2.79 bits per heavy atom. The third-order valence-corrected chi connectivity index (χ3v) is 6.75. The number of piperidine rings is 1. The summed E-state index contributed by atoms with van der Waals surface area (Å²) >= 11 is 0. The van der Waals surface area contributed by atoms with E-state index in [1.54, 1.807) is 0 Å². The van der Waals surface area contributed by atoms with Crippen molar-refractivity contribution in [3.63, 3.8) is 0 Å². The maximum Gasteiger partial charge on any atom is 0.191 e. The Morgan fingerprint density at radius 2 is 2.03 bits per heavy atom. The van der Waals surface area contributed by atoms with Gasteiger partial charge < -0.3 is 25.4 Å². The summed E-state index contributed by atoms with van der Waals surface area (Å²) in [6.45, 7) is 5.94. The van der Waals surface area contributed by atoms with Crippen LogP contribution in [0, 0.1) is 5.92 Å². The van der Waals surface area contributed by atoms with Crippen LogP contribution >= 0.6 is 0 Å². The number of likely N-dealkylation sites (tertiary alicyclic amines) is 1. The zero-order valence-corrected chi connectivity index (χ0v) is 17.8. The first kappa shape index (κ1) is 20.5. The van der Waals surface area contributed by atoms with Gasteiger partial charge in [0, 0.05) is 51.4 Å². The van der Waals surface area contributed by atoms with E-state index in [2.05, 4.69) is 26.6 Å². The van der Waals surface area contributed by atoms with Crippen LogP contribution in [-0.4, -0.2) is 61.9 Å². The highest BCUT2D eigenvalue weighted by molar-refractivity contribution is 5.80. The van der Waals surface area contributed by atoms with Gasteiger partial charge in [0.2, 0.25) is 0 Å². The zero-order valence-electron chi connectivity index (χ0n) is 17.8. The van der Waals surface area contributed by atoms with Crippen molar-refractivity contribution in [1.29, 1.82) is 0 Å². The van der Waals surface area contributed by atoms with Gasteiger partial charge in [-0.2, -0.15) is 0 Å². The summed E-state index contributed by atoms with van der Waals surface area (Å²) in [5, 5.41) is 17.4. The molecule has 0 spiro atoms. The number of rotatable bonds is 5. The number of phenolic OH excluding ortho intramolecular Hbond substituents is 1. The number of aliphatic imine (C=N–C) groups is 1. The van der Waals surface area contributed by atoms with Gasteiger partial charge in [-0.15, -0.1) is 0 Å². The molecule has 2 aliphatic heterocycles. The topological polar surface area (TPSA) is 69.1 Å². The molecule has 0 saturated carbocycles. The van der Waals surface area contributed by atoms with Crippen LogP contribution in [0.3, 0.4) is 0 Å². The van der Waals surface area contributed by atoms with Crippen LogP contribution in [0.5, 0.6) is 5.75 Å². The van der Waals surface area contributed by atoms with Gasteiger partial charge in [0.25, 0.3) is 0 Å². The highest BCUT2D eigenvalue weighted by atomic mass is 16.5. The molecule has 2 fully saturated rings. The Hall–Kier alpha value is -1.79. The fourth-order valence-corrected chi connectivity index (χ4v) is 5.00. The molecule has 2 saturated heterocycles. The van der Waals surface area contributed by atoms with E-state index >= 15 is 0 Å². The molecule has 0 aromatic heterocycles. The Kier molecular flexibility index (Phi) is 6.93. The number of nitrogens with one attached hydrogen (secondary N) is 2. The lowest BCUT2D eigenvalue weighted by Crippen LogP contribution is -2.49. The van der Waals surface area contributed by atoms with Gasteiger partial charge in [-0.3, -0.25) is 4.99 Å². The SMILES string of the molecule is CN=C(NCc1c(O)ccc2c1CCCC2)NC1CCN(CC2CCOC2)CC1. The van der Waals surface area contributed by atoms with Crippen molar-refractivity contribution >= 4 is 5.96 Å². The summed E-state index contributed by atoms with van der Waals surface area (Å²) in [5.74, 6) is 1.96. The largest absolute Gasteiger partial charge is 0.508 e. The lowest BCUT2D eigenvalue weighted by molar-refractivity contribution is 0.150. The lowest BCUT2D eigenvalue weighted by Gasteiger charge is -2.34. The molecule has 1 aromatic carbocycles. The maximum atomic E-state index is 10.4. The summed E-state index contributed by atoms with van der Waals surface area (Å²) in [7, 11) is 1.82. The van der Waals surface area contributed by atoms with Crippen molar-refractivity contribution in [2.24, 2.45) is 10.9 Å². The molecule has 3 aliphatic rings. The smallest absolute Gasteiger partial charge is 0.191 e. The molecule has 6 heteroatoms. The van der Waals surface area contributed by atoms with Gasteiger partial charge in [0.1, 0.15) is 5.75 Å². The van der Waals surface area contributed by atoms with E-state index in [0.29, 0.717) is 18.3 Å². The lowest BCUT2D eigenvalue weighted by atomic mass is 9.88. The highest BCUT2D eigenvalue weighted by Gasteiger charge is 2.24. The van der Waals surface area contributed by atoms with Crippen molar-refractivity contribution in [3.8, 4) is 5.75 Å². The van der Waals surface area contributed by atoms with Crippen molar-refractivity contribution in [2.75, 3.05) is 39.9 Å². The molecule has 1 unspecified atom stereocenters. The summed E-state index contributed by atoms with van der Waals surface area (Å²) in [4.78, 5) is 7.01. The van der Waals surface area contributed by atoms with Crippen LogP contribution in [-0.2, 0) is 24.1 Å². The Balaban J connectivity index is 1.26. The zero-order chi connectivity index (χ0) is 20.1. The van der Waals surface area contributed by atoms with Crippen LogP contribution in [0.2, 0.25) is 0 Å². The number of nitrogens with zero attached hydrogens (tertiary/aromatic N) is 2. The second-order valence-electron chi connectivity index (χ2n) is 8.78. The van der Waals surface area contributed by atoms with Gasteiger partial charge >= 0.3 is 0 Å². The minimum absolute atomic E-state index is 0.401.